The molecule has 0 spiro atoms. The van der Waals surface area contributed by atoms with Crippen LogP contribution in [0.2, 0.25) is 0 Å². The van der Waals surface area contributed by atoms with E-state index < -0.39 is 5.69 Å². The molecule has 0 bridgehead atoms. The molecule has 0 aliphatic carbocycles. The predicted molar refractivity (Wildman–Crippen MR) is 101 cm³/mol. The van der Waals surface area contributed by atoms with Gasteiger partial charge in [0.1, 0.15) is 5.82 Å². The maximum Gasteiger partial charge on any atom is 0.329 e. The fourth-order valence-corrected chi connectivity index (χ4v) is 3.21. The molecule has 2 heterocycles. The quantitative estimate of drug-likeness (QED) is 0.641. The summed E-state index contributed by atoms with van der Waals surface area (Å²) in [6.07, 6.45) is 10.4. The smallest absolute Gasteiger partial charge is 0.328 e. The summed E-state index contributed by atoms with van der Waals surface area (Å²) in [4.78, 5) is 30.5. The van der Waals surface area contributed by atoms with Gasteiger partial charge in [0, 0.05) is 26.6 Å². The SMILES string of the molecule is CC(N)CCCCCCCCCc1nc2c(c(=O)[nH]c(=O)n2C)n1C. The number of nitrogens with one attached hydrogen (secondary N) is 1. The first-order valence-corrected chi connectivity index (χ1v) is 9.32. The highest BCUT2D eigenvalue weighted by molar-refractivity contribution is 5.70. The Labute approximate surface area is 148 Å². The summed E-state index contributed by atoms with van der Waals surface area (Å²) in [6.45, 7) is 2.06. The van der Waals surface area contributed by atoms with E-state index in [1.54, 1.807) is 7.05 Å². The number of imidazole rings is 1. The lowest BCUT2D eigenvalue weighted by Crippen LogP contribution is -2.29. The molecule has 3 N–H and O–H groups in total. The number of nitrogens with zero attached hydrogens (tertiary/aromatic N) is 3. The third-order valence-electron chi connectivity index (χ3n) is 4.79. The first-order valence-electron chi connectivity index (χ1n) is 9.32. The van der Waals surface area contributed by atoms with Gasteiger partial charge >= 0.3 is 5.69 Å². The highest BCUT2D eigenvalue weighted by Gasteiger charge is 2.14. The Morgan fingerprint density at radius 3 is 2.24 bits per heavy atom. The number of aromatic amines is 1. The minimum absolute atomic E-state index is 0.319. The molecule has 2 aromatic rings. The van der Waals surface area contributed by atoms with Crippen molar-refractivity contribution in [1.29, 1.82) is 0 Å². The van der Waals surface area contributed by atoms with Gasteiger partial charge in [0.2, 0.25) is 0 Å². The molecule has 0 radical (unpaired) electrons. The van der Waals surface area contributed by atoms with Crippen LogP contribution in [-0.2, 0) is 20.5 Å². The van der Waals surface area contributed by atoms with Gasteiger partial charge in [-0.25, -0.2) is 9.78 Å². The van der Waals surface area contributed by atoms with E-state index in [-0.39, 0.29) is 5.56 Å². The molecule has 0 saturated carbocycles. The van der Waals surface area contributed by atoms with Gasteiger partial charge in [0.15, 0.2) is 11.2 Å². The van der Waals surface area contributed by atoms with Crippen LogP contribution in [0.4, 0.5) is 0 Å². The number of hydrogen-bond acceptors (Lipinski definition) is 4. The van der Waals surface area contributed by atoms with Gasteiger partial charge in [-0.1, -0.05) is 38.5 Å². The second kappa shape index (κ2) is 8.99. The molecular formula is C18H31N5O2. The molecule has 7 heteroatoms. The van der Waals surface area contributed by atoms with Gasteiger partial charge in [-0.05, 0) is 19.8 Å². The molecule has 0 fully saturated rings. The van der Waals surface area contributed by atoms with Crippen LogP contribution in [0.15, 0.2) is 9.59 Å². The van der Waals surface area contributed by atoms with E-state index in [2.05, 4.69) is 16.9 Å². The van der Waals surface area contributed by atoms with Crippen molar-refractivity contribution in [3.8, 4) is 0 Å². The van der Waals surface area contributed by atoms with Gasteiger partial charge in [-0.3, -0.25) is 14.3 Å². The van der Waals surface area contributed by atoms with Gasteiger partial charge in [-0.15, -0.1) is 0 Å². The van der Waals surface area contributed by atoms with Gasteiger partial charge in [-0.2, -0.15) is 0 Å². The zero-order valence-electron chi connectivity index (χ0n) is 15.7. The summed E-state index contributed by atoms with van der Waals surface area (Å²) in [7, 11) is 3.46. The summed E-state index contributed by atoms with van der Waals surface area (Å²) < 4.78 is 3.20. The van der Waals surface area contributed by atoms with E-state index in [9.17, 15) is 9.59 Å². The van der Waals surface area contributed by atoms with Crippen molar-refractivity contribution in [2.75, 3.05) is 0 Å². The average Bonchev–Trinajstić information content (AvgIpc) is 2.88. The molecule has 2 aromatic heterocycles. The number of rotatable bonds is 10. The number of aromatic nitrogens is 4. The van der Waals surface area contributed by atoms with Crippen LogP contribution >= 0.6 is 0 Å². The molecule has 0 saturated heterocycles. The number of aryl methyl sites for hydroxylation is 3. The molecule has 1 unspecified atom stereocenters. The number of unbranched alkanes of at least 4 members (excludes halogenated alkanes) is 6. The fraction of sp³-hybridized carbons (Fsp3) is 0.722. The number of hydrogen-bond donors (Lipinski definition) is 2. The van der Waals surface area contributed by atoms with Crippen molar-refractivity contribution in [1.82, 2.24) is 19.1 Å². The summed E-state index contributed by atoms with van der Waals surface area (Å²) in [6, 6.07) is 0.319. The van der Waals surface area contributed by atoms with Gasteiger partial charge in [0.25, 0.3) is 5.56 Å². The lowest BCUT2D eigenvalue weighted by Gasteiger charge is -2.05. The van der Waals surface area contributed by atoms with Crippen LogP contribution in [0.3, 0.4) is 0 Å². The third-order valence-corrected chi connectivity index (χ3v) is 4.79. The average molecular weight is 349 g/mol. The van der Waals surface area contributed by atoms with Crippen molar-refractivity contribution in [3.63, 3.8) is 0 Å². The number of H-pyrrole nitrogens is 1. The zero-order chi connectivity index (χ0) is 18.4. The van der Waals surface area contributed by atoms with E-state index in [0.717, 1.165) is 31.5 Å². The van der Waals surface area contributed by atoms with Crippen molar-refractivity contribution in [3.05, 3.63) is 26.7 Å². The summed E-state index contributed by atoms with van der Waals surface area (Å²) in [5, 5.41) is 0. The minimum atomic E-state index is -0.425. The van der Waals surface area contributed by atoms with E-state index in [1.165, 1.54) is 36.7 Å². The Morgan fingerprint density at radius 2 is 1.60 bits per heavy atom. The lowest BCUT2D eigenvalue weighted by molar-refractivity contribution is 0.540. The van der Waals surface area contributed by atoms with E-state index in [1.807, 2.05) is 11.6 Å². The first-order chi connectivity index (χ1) is 11.9. The van der Waals surface area contributed by atoms with Crippen molar-refractivity contribution >= 4 is 11.2 Å². The second-order valence-corrected chi connectivity index (χ2v) is 7.07. The van der Waals surface area contributed by atoms with Crippen molar-refractivity contribution < 1.29 is 0 Å². The monoisotopic (exact) mass is 349 g/mol. The van der Waals surface area contributed by atoms with Gasteiger partial charge in [0.05, 0.1) is 0 Å². The maximum absolute atomic E-state index is 12.0. The highest BCUT2D eigenvalue weighted by Crippen LogP contribution is 2.13. The Bertz CT molecular complexity index is 800. The molecule has 1 atom stereocenters. The minimum Gasteiger partial charge on any atom is -0.328 e. The number of fused-ring (bicyclic) bond motifs is 1. The van der Waals surface area contributed by atoms with Crippen LogP contribution < -0.4 is 17.0 Å². The van der Waals surface area contributed by atoms with Crippen LogP contribution in [0.25, 0.3) is 11.2 Å². The summed E-state index contributed by atoms with van der Waals surface area (Å²) >= 11 is 0. The number of nitrogens with two attached hydrogens (primary N) is 1. The van der Waals surface area contributed by atoms with Crippen LogP contribution in [0, 0.1) is 0 Å². The molecule has 0 aromatic carbocycles. The molecule has 2 rings (SSSR count). The van der Waals surface area contributed by atoms with Crippen LogP contribution in [-0.4, -0.2) is 25.1 Å². The summed E-state index contributed by atoms with van der Waals surface area (Å²) in [5.41, 5.74) is 5.88. The van der Waals surface area contributed by atoms with Gasteiger partial charge < -0.3 is 10.3 Å². The Morgan fingerprint density at radius 1 is 1.00 bits per heavy atom. The van der Waals surface area contributed by atoms with Crippen LogP contribution in [0.5, 0.6) is 0 Å². The standard InChI is InChI=1S/C18H31N5O2/c1-13(19)11-9-7-5-4-6-8-10-12-14-20-16-15(22(14)2)17(24)21-18(25)23(16)3/h13H,4-12,19H2,1-3H3,(H,21,24,25). The first kappa shape index (κ1) is 19.4. The lowest BCUT2D eigenvalue weighted by atomic mass is 10.1. The molecule has 0 aliphatic heterocycles. The Kier molecular flexibility index (Phi) is 6.99. The maximum atomic E-state index is 12.0. The largest absolute Gasteiger partial charge is 0.329 e. The van der Waals surface area contributed by atoms with Crippen molar-refractivity contribution in [2.45, 2.75) is 70.8 Å². The normalized spacial score (nSPS) is 12.8. The molecular weight excluding hydrogens is 318 g/mol. The van der Waals surface area contributed by atoms with E-state index in [4.69, 9.17) is 5.73 Å². The van der Waals surface area contributed by atoms with E-state index >= 15 is 0 Å². The zero-order valence-corrected chi connectivity index (χ0v) is 15.7. The third kappa shape index (κ3) is 5.04. The molecule has 140 valence electrons. The van der Waals surface area contributed by atoms with Crippen molar-refractivity contribution in [2.24, 2.45) is 19.8 Å². The molecule has 0 aliphatic rings. The Hall–Kier alpha value is -1.89. The summed E-state index contributed by atoms with van der Waals surface area (Å²) in [5.74, 6) is 0.860. The van der Waals surface area contributed by atoms with Crippen LogP contribution in [0.1, 0.15) is 64.1 Å². The predicted octanol–water partition coefficient (Wildman–Crippen LogP) is 1.97. The molecule has 25 heavy (non-hydrogen) atoms. The Balaban J connectivity index is 1.79. The topological polar surface area (TPSA) is 98.7 Å². The fourth-order valence-electron chi connectivity index (χ4n) is 3.21. The highest BCUT2D eigenvalue weighted by atomic mass is 16.2. The van der Waals surface area contributed by atoms with E-state index in [0.29, 0.717) is 17.2 Å². The molecule has 0 amide bonds. The molecule has 7 nitrogen and oxygen atoms in total. The second-order valence-electron chi connectivity index (χ2n) is 7.07.